The van der Waals surface area contributed by atoms with Crippen molar-refractivity contribution in [2.24, 2.45) is 5.10 Å². The van der Waals surface area contributed by atoms with Crippen LogP contribution in [0.4, 0.5) is 0 Å². The van der Waals surface area contributed by atoms with E-state index in [-0.39, 0.29) is 5.91 Å². The highest BCUT2D eigenvalue weighted by Gasteiger charge is 2.02. The summed E-state index contributed by atoms with van der Waals surface area (Å²) in [5.74, 6) is -0.128. The predicted molar refractivity (Wildman–Crippen MR) is 84.2 cm³/mol. The number of hydrogen-bond donors (Lipinski definition) is 2. The number of aromatic amines is 1. The highest BCUT2D eigenvalue weighted by atomic mass is 16.2. The molecule has 0 aliphatic heterocycles. The summed E-state index contributed by atoms with van der Waals surface area (Å²) >= 11 is 0. The molecule has 0 radical (unpaired) electrons. The number of rotatable bonds is 4. The second-order valence-electron chi connectivity index (χ2n) is 4.75. The van der Waals surface area contributed by atoms with Gasteiger partial charge in [0.05, 0.1) is 12.6 Å². The van der Waals surface area contributed by atoms with Crippen LogP contribution in [0.3, 0.4) is 0 Å². The predicted octanol–water partition coefficient (Wildman–Crippen LogP) is 2.86. The van der Waals surface area contributed by atoms with E-state index in [4.69, 9.17) is 0 Å². The molecule has 2 N–H and O–H groups in total. The lowest BCUT2D eigenvalue weighted by molar-refractivity contribution is -0.120. The second kappa shape index (κ2) is 6.05. The Morgan fingerprint density at radius 1 is 1.10 bits per heavy atom. The fourth-order valence-corrected chi connectivity index (χ4v) is 2.20. The zero-order valence-electron chi connectivity index (χ0n) is 11.4. The van der Waals surface area contributed by atoms with Crippen LogP contribution in [0.1, 0.15) is 11.1 Å². The van der Waals surface area contributed by atoms with E-state index in [1.807, 2.05) is 60.8 Å². The topological polar surface area (TPSA) is 57.2 Å². The summed E-state index contributed by atoms with van der Waals surface area (Å²) < 4.78 is 0. The van der Waals surface area contributed by atoms with Gasteiger partial charge in [-0.25, -0.2) is 5.43 Å². The molecule has 4 heteroatoms. The lowest BCUT2D eigenvalue weighted by atomic mass is 10.1. The minimum Gasteiger partial charge on any atom is -0.361 e. The first-order valence-corrected chi connectivity index (χ1v) is 6.75. The lowest BCUT2D eigenvalue weighted by Crippen LogP contribution is -2.19. The van der Waals surface area contributed by atoms with Gasteiger partial charge in [-0.2, -0.15) is 5.10 Å². The summed E-state index contributed by atoms with van der Waals surface area (Å²) in [5, 5.41) is 5.10. The molecule has 3 rings (SSSR count). The van der Waals surface area contributed by atoms with Crippen molar-refractivity contribution in [2.75, 3.05) is 0 Å². The van der Waals surface area contributed by atoms with E-state index in [2.05, 4.69) is 15.5 Å². The second-order valence-corrected chi connectivity index (χ2v) is 4.75. The number of hydrazone groups is 1. The molecule has 0 aliphatic carbocycles. The molecule has 0 aliphatic rings. The maximum atomic E-state index is 11.8. The first-order valence-electron chi connectivity index (χ1n) is 6.75. The molecule has 21 heavy (non-hydrogen) atoms. The van der Waals surface area contributed by atoms with Gasteiger partial charge in [-0.3, -0.25) is 4.79 Å². The quantitative estimate of drug-likeness (QED) is 0.559. The Balaban J connectivity index is 1.63. The average Bonchev–Trinajstić information content (AvgIpc) is 2.92. The van der Waals surface area contributed by atoms with Crippen molar-refractivity contribution in [3.05, 3.63) is 71.9 Å². The Labute approximate surface area is 122 Å². The molecule has 1 heterocycles. The van der Waals surface area contributed by atoms with E-state index in [1.54, 1.807) is 6.21 Å². The van der Waals surface area contributed by atoms with Gasteiger partial charge >= 0.3 is 0 Å². The van der Waals surface area contributed by atoms with Crippen molar-refractivity contribution in [2.45, 2.75) is 6.42 Å². The number of para-hydroxylation sites is 1. The molecule has 0 bridgehead atoms. The van der Waals surface area contributed by atoms with E-state index in [0.717, 1.165) is 22.0 Å². The SMILES string of the molecule is O=C(Cc1ccccc1)N/N=C\c1c[nH]c2ccccc12. The molecule has 2 aromatic carbocycles. The highest BCUT2D eigenvalue weighted by molar-refractivity contribution is 5.99. The van der Waals surface area contributed by atoms with Gasteiger partial charge in [0, 0.05) is 22.7 Å². The molecule has 0 atom stereocenters. The summed E-state index contributed by atoms with van der Waals surface area (Å²) in [6, 6.07) is 17.6. The number of amides is 1. The number of carbonyl (C=O) groups is 1. The molecule has 0 fully saturated rings. The number of H-pyrrole nitrogens is 1. The summed E-state index contributed by atoms with van der Waals surface area (Å²) in [6.45, 7) is 0. The Bertz CT molecular complexity index is 775. The minimum atomic E-state index is -0.128. The zero-order chi connectivity index (χ0) is 14.5. The monoisotopic (exact) mass is 277 g/mol. The third kappa shape index (κ3) is 3.17. The van der Waals surface area contributed by atoms with Gasteiger partial charge in [0.2, 0.25) is 5.91 Å². The molecule has 0 unspecified atom stereocenters. The maximum absolute atomic E-state index is 11.8. The first-order chi connectivity index (χ1) is 10.3. The van der Waals surface area contributed by atoms with Crippen LogP contribution in [0, 0.1) is 0 Å². The van der Waals surface area contributed by atoms with Crippen molar-refractivity contribution >= 4 is 23.0 Å². The van der Waals surface area contributed by atoms with Crippen LogP contribution >= 0.6 is 0 Å². The number of fused-ring (bicyclic) bond motifs is 1. The lowest BCUT2D eigenvalue weighted by Gasteiger charge is -1.99. The maximum Gasteiger partial charge on any atom is 0.244 e. The average molecular weight is 277 g/mol. The van der Waals surface area contributed by atoms with Crippen molar-refractivity contribution < 1.29 is 4.79 Å². The molecular weight excluding hydrogens is 262 g/mol. The summed E-state index contributed by atoms with van der Waals surface area (Å²) in [5.41, 5.74) is 5.52. The molecule has 3 aromatic rings. The normalized spacial score (nSPS) is 11.0. The van der Waals surface area contributed by atoms with Gasteiger partial charge in [0.1, 0.15) is 0 Å². The van der Waals surface area contributed by atoms with E-state index < -0.39 is 0 Å². The van der Waals surface area contributed by atoms with Gasteiger partial charge in [-0.05, 0) is 11.6 Å². The standard InChI is InChI=1S/C17H15N3O/c21-17(10-13-6-2-1-3-7-13)20-19-12-14-11-18-16-9-5-4-8-15(14)16/h1-9,11-12,18H,10H2,(H,20,21)/b19-12-. The molecule has 1 amide bonds. The van der Waals surface area contributed by atoms with Gasteiger partial charge in [-0.15, -0.1) is 0 Å². The molecule has 0 saturated carbocycles. The van der Waals surface area contributed by atoms with Crippen LogP contribution in [0.5, 0.6) is 0 Å². The van der Waals surface area contributed by atoms with Crippen LogP contribution in [-0.4, -0.2) is 17.1 Å². The molecule has 1 aromatic heterocycles. The number of nitrogens with one attached hydrogen (secondary N) is 2. The van der Waals surface area contributed by atoms with Gasteiger partial charge in [0.25, 0.3) is 0 Å². The number of nitrogens with zero attached hydrogens (tertiary/aromatic N) is 1. The fourth-order valence-electron chi connectivity index (χ4n) is 2.20. The first kappa shape index (κ1) is 13.1. The fraction of sp³-hybridized carbons (Fsp3) is 0.0588. The van der Waals surface area contributed by atoms with Crippen LogP contribution < -0.4 is 5.43 Å². The van der Waals surface area contributed by atoms with Crippen molar-refractivity contribution in [3.63, 3.8) is 0 Å². The number of aromatic nitrogens is 1. The van der Waals surface area contributed by atoms with Crippen molar-refractivity contribution in [1.29, 1.82) is 0 Å². The van der Waals surface area contributed by atoms with E-state index in [0.29, 0.717) is 6.42 Å². The van der Waals surface area contributed by atoms with Gasteiger partial charge < -0.3 is 4.98 Å². The van der Waals surface area contributed by atoms with Gasteiger partial charge in [-0.1, -0.05) is 48.5 Å². The highest BCUT2D eigenvalue weighted by Crippen LogP contribution is 2.15. The van der Waals surface area contributed by atoms with Crippen LogP contribution in [0.15, 0.2) is 65.9 Å². The molecule has 0 saturated heterocycles. The number of benzene rings is 2. The van der Waals surface area contributed by atoms with Gasteiger partial charge in [0.15, 0.2) is 0 Å². The third-order valence-corrected chi connectivity index (χ3v) is 3.22. The summed E-state index contributed by atoms with van der Waals surface area (Å²) in [6.07, 6.45) is 3.85. The summed E-state index contributed by atoms with van der Waals surface area (Å²) in [4.78, 5) is 14.9. The van der Waals surface area contributed by atoms with Crippen LogP contribution in [0.25, 0.3) is 10.9 Å². The van der Waals surface area contributed by atoms with Crippen molar-refractivity contribution in [1.82, 2.24) is 10.4 Å². The minimum absolute atomic E-state index is 0.128. The zero-order valence-corrected chi connectivity index (χ0v) is 11.4. The molecule has 0 spiro atoms. The summed E-state index contributed by atoms with van der Waals surface area (Å²) in [7, 11) is 0. The smallest absolute Gasteiger partial charge is 0.244 e. The largest absolute Gasteiger partial charge is 0.361 e. The molecular formula is C17H15N3O. The van der Waals surface area contributed by atoms with E-state index in [1.165, 1.54) is 0 Å². The molecule has 4 nitrogen and oxygen atoms in total. The molecule has 104 valence electrons. The van der Waals surface area contributed by atoms with Crippen molar-refractivity contribution in [3.8, 4) is 0 Å². The Morgan fingerprint density at radius 3 is 2.71 bits per heavy atom. The van der Waals surface area contributed by atoms with Crippen LogP contribution in [-0.2, 0) is 11.2 Å². The number of carbonyl (C=O) groups excluding carboxylic acids is 1. The number of hydrogen-bond acceptors (Lipinski definition) is 2. The third-order valence-electron chi connectivity index (χ3n) is 3.22. The van der Waals surface area contributed by atoms with E-state index in [9.17, 15) is 4.79 Å². The van der Waals surface area contributed by atoms with Crippen LogP contribution in [0.2, 0.25) is 0 Å². The van der Waals surface area contributed by atoms with E-state index >= 15 is 0 Å². The Kier molecular flexibility index (Phi) is 3.78. The Morgan fingerprint density at radius 2 is 1.86 bits per heavy atom. The Hall–Kier alpha value is -2.88.